The van der Waals surface area contributed by atoms with E-state index in [4.69, 9.17) is 10.5 Å². The van der Waals surface area contributed by atoms with Gasteiger partial charge in [-0.2, -0.15) is 0 Å². The molecule has 2 fully saturated rings. The highest BCUT2D eigenvalue weighted by Crippen LogP contribution is 2.33. The normalized spacial score (nSPS) is 27.6. The van der Waals surface area contributed by atoms with Crippen molar-refractivity contribution in [1.82, 2.24) is 4.90 Å². The molecule has 0 aromatic carbocycles. The van der Waals surface area contributed by atoms with Gasteiger partial charge in [-0.25, -0.2) is 0 Å². The third-order valence-corrected chi connectivity index (χ3v) is 4.01. The second-order valence-corrected chi connectivity index (χ2v) is 5.24. The number of ether oxygens (including phenoxy) is 1. The fraction of sp³-hybridized carbons (Fsp3) is 0.917. The van der Waals surface area contributed by atoms with Crippen LogP contribution in [0.15, 0.2) is 0 Å². The van der Waals surface area contributed by atoms with Crippen LogP contribution in [-0.4, -0.2) is 43.7 Å². The first-order chi connectivity index (χ1) is 7.68. The Kier molecular flexibility index (Phi) is 5.22. The second kappa shape index (κ2) is 6.03. The Morgan fingerprint density at radius 3 is 2.59 bits per heavy atom. The van der Waals surface area contributed by atoms with Gasteiger partial charge < -0.3 is 15.4 Å². The van der Waals surface area contributed by atoms with Crippen LogP contribution in [0.25, 0.3) is 0 Å². The quantitative estimate of drug-likeness (QED) is 0.809. The zero-order valence-corrected chi connectivity index (χ0v) is 11.3. The summed E-state index contributed by atoms with van der Waals surface area (Å²) in [4.78, 5) is 14.5. The van der Waals surface area contributed by atoms with Gasteiger partial charge >= 0.3 is 0 Å². The summed E-state index contributed by atoms with van der Waals surface area (Å²) >= 11 is 0. The molecule has 100 valence electrons. The van der Waals surface area contributed by atoms with E-state index in [1.54, 1.807) is 0 Å². The number of halogens is 1. The lowest BCUT2D eigenvalue weighted by Gasteiger charge is -2.37. The van der Waals surface area contributed by atoms with Gasteiger partial charge in [0.05, 0.1) is 5.41 Å². The van der Waals surface area contributed by atoms with Crippen LogP contribution in [0.3, 0.4) is 0 Å². The fourth-order valence-corrected chi connectivity index (χ4v) is 2.72. The molecule has 2 N–H and O–H groups in total. The Bertz CT molecular complexity index is 267. The van der Waals surface area contributed by atoms with Gasteiger partial charge in [0.25, 0.3) is 0 Å². The van der Waals surface area contributed by atoms with Crippen LogP contribution in [0.4, 0.5) is 0 Å². The van der Waals surface area contributed by atoms with Crippen molar-refractivity contribution in [2.45, 2.75) is 26.2 Å². The number of carbonyl (C=O) groups is 1. The van der Waals surface area contributed by atoms with Gasteiger partial charge in [0.2, 0.25) is 5.91 Å². The van der Waals surface area contributed by atoms with Gasteiger partial charge in [-0.1, -0.05) is 6.92 Å². The van der Waals surface area contributed by atoms with Crippen LogP contribution in [0.1, 0.15) is 26.2 Å². The number of likely N-dealkylation sites (tertiary alicyclic amines) is 1. The molecule has 17 heavy (non-hydrogen) atoms. The molecule has 0 aromatic heterocycles. The SMILES string of the molecule is CC1CCN(C(=O)C2(CN)CCOCC2)C1.Cl. The van der Waals surface area contributed by atoms with Crippen molar-refractivity contribution in [3.05, 3.63) is 0 Å². The van der Waals surface area contributed by atoms with Crippen molar-refractivity contribution in [2.75, 3.05) is 32.8 Å². The topological polar surface area (TPSA) is 55.6 Å². The monoisotopic (exact) mass is 262 g/mol. The average Bonchev–Trinajstić information content (AvgIpc) is 2.76. The summed E-state index contributed by atoms with van der Waals surface area (Å²) in [5.74, 6) is 0.904. The number of amides is 1. The minimum atomic E-state index is -0.331. The van der Waals surface area contributed by atoms with Crippen LogP contribution in [0, 0.1) is 11.3 Å². The maximum atomic E-state index is 12.5. The van der Waals surface area contributed by atoms with E-state index in [0.717, 1.165) is 32.4 Å². The standard InChI is InChI=1S/C12H22N2O2.ClH/c1-10-2-5-14(8-10)11(15)12(9-13)3-6-16-7-4-12;/h10H,2-9,13H2,1H3;1H. The molecule has 0 aliphatic carbocycles. The molecule has 4 nitrogen and oxygen atoms in total. The molecule has 2 saturated heterocycles. The highest BCUT2D eigenvalue weighted by molar-refractivity contribution is 5.85. The number of rotatable bonds is 2. The van der Waals surface area contributed by atoms with Crippen molar-refractivity contribution in [3.63, 3.8) is 0 Å². The van der Waals surface area contributed by atoms with Crippen LogP contribution >= 0.6 is 12.4 Å². The molecule has 2 rings (SSSR count). The third-order valence-electron chi connectivity index (χ3n) is 4.01. The Morgan fingerprint density at radius 1 is 1.47 bits per heavy atom. The molecule has 1 amide bonds. The number of nitrogens with zero attached hydrogens (tertiary/aromatic N) is 1. The van der Waals surface area contributed by atoms with E-state index in [-0.39, 0.29) is 23.7 Å². The Hall–Kier alpha value is -0.320. The number of carbonyl (C=O) groups excluding carboxylic acids is 1. The zero-order valence-electron chi connectivity index (χ0n) is 10.5. The van der Waals surface area contributed by atoms with Crippen molar-refractivity contribution < 1.29 is 9.53 Å². The van der Waals surface area contributed by atoms with Gasteiger partial charge in [0, 0.05) is 32.8 Å². The molecule has 2 aliphatic heterocycles. The van der Waals surface area contributed by atoms with Crippen LogP contribution in [0.5, 0.6) is 0 Å². The summed E-state index contributed by atoms with van der Waals surface area (Å²) in [7, 11) is 0. The maximum absolute atomic E-state index is 12.5. The summed E-state index contributed by atoms with van der Waals surface area (Å²) < 4.78 is 5.33. The van der Waals surface area contributed by atoms with Crippen molar-refractivity contribution in [3.8, 4) is 0 Å². The first kappa shape index (κ1) is 14.7. The molecule has 1 atom stereocenters. The first-order valence-electron chi connectivity index (χ1n) is 6.25. The Balaban J connectivity index is 0.00000144. The minimum absolute atomic E-state index is 0. The number of nitrogens with two attached hydrogens (primary N) is 1. The molecule has 2 heterocycles. The molecule has 0 aromatic rings. The number of hydrogen-bond donors (Lipinski definition) is 1. The highest BCUT2D eigenvalue weighted by Gasteiger charge is 2.42. The Morgan fingerprint density at radius 2 is 2.12 bits per heavy atom. The highest BCUT2D eigenvalue weighted by atomic mass is 35.5. The molecule has 0 saturated carbocycles. The predicted octanol–water partition coefficient (Wildman–Crippen LogP) is 1.03. The maximum Gasteiger partial charge on any atom is 0.230 e. The lowest BCUT2D eigenvalue weighted by atomic mass is 9.79. The van der Waals surface area contributed by atoms with E-state index in [0.29, 0.717) is 25.7 Å². The largest absolute Gasteiger partial charge is 0.381 e. The summed E-state index contributed by atoms with van der Waals surface area (Å²) in [6.07, 6.45) is 2.70. The molecular formula is C12H23ClN2O2. The summed E-state index contributed by atoms with van der Waals surface area (Å²) in [6.45, 7) is 5.81. The lowest BCUT2D eigenvalue weighted by molar-refractivity contribution is -0.146. The van der Waals surface area contributed by atoms with E-state index in [1.165, 1.54) is 0 Å². The minimum Gasteiger partial charge on any atom is -0.381 e. The van der Waals surface area contributed by atoms with E-state index in [2.05, 4.69) is 6.92 Å². The molecule has 0 radical (unpaired) electrons. The average molecular weight is 263 g/mol. The molecule has 0 bridgehead atoms. The van der Waals surface area contributed by atoms with Crippen LogP contribution in [0.2, 0.25) is 0 Å². The summed E-state index contributed by atoms with van der Waals surface area (Å²) in [5, 5.41) is 0. The van der Waals surface area contributed by atoms with Crippen molar-refractivity contribution in [1.29, 1.82) is 0 Å². The summed E-state index contributed by atoms with van der Waals surface area (Å²) in [5.41, 5.74) is 5.51. The third kappa shape index (κ3) is 2.92. The zero-order chi connectivity index (χ0) is 11.6. The van der Waals surface area contributed by atoms with E-state index in [9.17, 15) is 4.79 Å². The second-order valence-electron chi connectivity index (χ2n) is 5.24. The van der Waals surface area contributed by atoms with E-state index >= 15 is 0 Å². The van der Waals surface area contributed by atoms with Gasteiger partial charge in [-0.05, 0) is 25.2 Å². The van der Waals surface area contributed by atoms with Gasteiger partial charge in [0.15, 0.2) is 0 Å². The fourth-order valence-electron chi connectivity index (χ4n) is 2.72. The van der Waals surface area contributed by atoms with E-state index in [1.807, 2.05) is 4.90 Å². The van der Waals surface area contributed by atoms with Crippen molar-refractivity contribution >= 4 is 18.3 Å². The molecule has 0 spiro atoms. The number of hydrogen-bond acceptors (Lipinski definition) is 3. The van der Waals surface area contributed by atoms with Crippen LogP contribution < -0.4 is 5.73 Å². The van der Waals surface area contributed by atoms with Gasteiger partial charge in [-0.15, -0.1) is 12.4 Å². The predicted molar refractivity (Wildman–Crippen MR) is 69.1 cm³/mol. The van der Waals surface area contributed by atoms with Gasteiger partial charge in [0.1, 0.15) is 0 Å². The molecule has 2 aliphatic rings. The molecule has 1 unspecified atom stereocenters. The van der Waals surface area contributed by atoms with Gasteiger partial charge in [-0.3, -0.25) is 4.79 Å². The first-order valence-corrected chi connectivity index (χ1v) is 6.25. The smallest absolute Gasteiger partial charge is 0.230 e. The molecular weight excluding hydrogens is 240 g/mol. The summed E-state index contributed by atoms with van der Waals surface area (Å²) in [6, 6.07) is 0. The lowest BCUT2D eigenvalue weighted by Crippen LogP contribution is -2.50. The molecule has 5 heteroatoms. The van der Waals surface area contributed by atoms with Crippen LogP contribution in [-0.2, 0) is 9.53 Å². The van der Waals surface area contributed by atoms with Crippen molar-refractivity contribution in [2.24, 2.45) is 17.1 Å². The Labute approximate surface area is 109 Å². The van der Waals surface area contributed by atoms with E-state index < -0.39 is 0 Å².